The Kier molecular flexibility index (Phi) is 5.65. The van der Waals surface area contributed by atoms with Crippen molar-refractivity contribution in [2.75, 3.05) is 11.9 Å². The first-order valence-electron chi connectivity index (χ1n) is 8.87. The molecule has 7 nitrogen and oxygen atoms in total. The molecule has 24 heavy (non-hydrogen) atoms. The standard InChI is InChI=1S/C16H25N5O2S/c1-2-13-19-20-15(24-13)18-14(22)12-9-6-10-21(12)16(23)17-11-7-4-3-5-8-11/h11-12H,2-10H2,1H3,(H,17,23)(H,18,20,22)/t12-/m0/s1. The third kappa shape index (κ3) is 4.03. The number of carbonyl (C=O) groups excluding carboxylic acids is 2. The maximum atomic E-state index is 12.5. The number of likely N-dealkylation sites (tertiary alicyclic amines) is 1. The first-order valence-corrected chi connectivity index (χ1v) is 9.69. The minimum Gasteiger partial charge on any atom is -0.335 e. The molecule has 0 unspecified atom stereocenters. The van der Waals surface area contributed by atoms with Crippen LogP contribution in [0.15, 0.2) is 0 Å². The molecule has 3 amide bonds. The van der Waals surface area contributed by atoms with E-state index in [1.54, 1.807) is 4.90 Å². The highest BCUT2D eigenvalue weighted by molar-refractivity contribution is 7.15. The van der Waals surface area contributed by atoms with Crippen LogP contribution in [0.3, 0.4) is 0 Å². The molecular formula is C16H25N5O2S. The minimum absolute atomic E-state index is 0.105. The Morgan fingerprint density at radius 2 is 1.96 bits per heavy atom. The van der Waals surface area contributed by atoms with Crippen LogP contribution in [0, 0.1) is 0 Å². The molecule has 2 fully saturated rings. The van der Waals surface area contributed by atoms with Gasteiger partial charge in [-0.1, -0.05) is 37.5 Å². The van der Waals surface area contributed by atoms with Crippen LogP contribution in [0.1, 0.15) is 56.9 Å². The second-order valence-corrected chi connectivity index (χ2v) is 7.54. The molecule has 0 radical (unpaired) electrons. The Bertz CT molecular complexity index is 585. The van der Waals surface area contributed by atoms with Gasteiger partial charge in [-0.25, -0.2) is 4.79 Å². The van der Waals surface area contributed by atoms with Gasteiger partial charge in [-0.3, -0.25) is 10.1 Å². The zero-order valence-corrected chi connectivity index (χ0v) is 14.9. The quantitative estimate of drug-likeness (QED) is 0.873. The highest BCUT2D eigenvalue weighted by Crippen LogP contribution is 2.23. The fourth-order valence-corrected chi connectivity index (χ4v) is 4.10. The topological polar surface area (TPSA) is 87.2 Å². The van der Waals surface area contributed by atoms with Crippen molar-refractivity contribution in [2.24, 2.45) is 0 Å². The molecule has 0 bridgehead atoms. The molecular weight excluding hydrogens is 326 g/mol. The third-order valence-corrected chi connectivity index (χ3v) is 5.73. The Hall–Kier alpha value is -1.70. The van der Waals surface area contributed by atoms with E-state index in [0.717, 1.165) is 30.7 Å². The number of hydrogen-bond acceptors (Lipinski definition) is 5. The van der Waals surface area contributed by atoms with E-state index in [-0.39, 0.29) is 18.0 Å². The van der Waals surface area contributed by atoms with Gasteiger partial charge in [-0.05, 0) is 32.1 Å². The van der Waals surface area contributed by atoms with Crippen LogP contribution in [0.2, 0.25) is 0 Å². The monoisotopic (exact) mass is 351 g/mol. The van der Waals surface area contributed by atoms with Crippen molar-refractivity contribution in [2.45, 2.75) is 70.4 Å². The summed E-state index contributed by atoms with van der Waals surface area (Å²) < 4.78 is 0. The Labute approximate surface area is 146 Å². The molecule has 1 aliphatic heterocycles. The van der Waals surface area contributed by atoms with Gasteiger partial charge in [0, 0.05) is 12.6 Å². The van der Waals surface area contributed by atoms with E-state index in [4.69, 9.17) is 0 Å². The van der Waals surface area contributed by atoms with E-state index >= 15 is 0 Å². The maximum absolute atomic E-state index is 12.5. The van der Waals surface area contributed by atoms with Gasteiger partial charge >= 0.3 is 6.03 Å². The van der Waals surface area contributed by atoms with Crippen molar-refractivity contribution in [3.05, 3.63) is 5.01 Å². The van der Waals surface area contributed by atoms with Gasteiger partial charge in [0.25, 0.3) is 0 Å². The summed E-state index contributed by atoms with van der Waals surface area (Å²) in [5, 5.41) is 15.3. The summed E-state index contributed by atoms with van der Waals surface area (Å²) in [6, 6.07) is -0.264. The van der Waals surface area contributed by atoms with Crippen molar-refractivity contribution in [1.29, 1.82) is 0 Å². The van der Waals surface area contributed by atoms with Gasteiger partial charge in [0.15, 0.2) is 0 Å². The molecule has 1 atom stereocenters. The minimum atomic E-state index is -0.414. The summed E-state index contributed by atoms with van der Waals surface area (Å²) in [6.45, 7) is 2.63. The molecule has 2 aliphatic rings. The lowest BCUT2D eigenvalue weighted by molar-refractivity contribution is -0.119. The lowest BCUT2D eigenvalue weighted by Gasteiger charge is -2.28. The molecule has 3 rings (SSSR count). The molecule has 0 spiro atoms. The van der Waals surface area contributed by atoms with Gasteiger partial charge in [0.2, 0.25) is 11.0 Å². The van der Waals surface area contributed by atoms with Crippen molar-refractivity contribution < 1.29 is 9.59 Å². The van der Waals surface area contributed by atoms with Crippen molar-refractivity contribution in [3.63, 3.8) is 0 Å². The van der Waals surface area contributed by atoms with Crippen molar-refractivity contribution in [3.8, 4) is 0 Å². The van der Waals surface area contributed by atoms with Crippen LogP contribution in [-0.4, -0.2) is 45.7 Å². The Morgan fingerprint density at radius 3 is 2.67 bits per heavy atom. The summed E-state index contributed by atoms with van der Waals surface area (Å²) in [5.41, 5.74) is 0. The third-order valence-electron chi connectivity index (χ3n) is 4.75. The molecule has 0 aromatic carbocycles. The number of aryl methyl sites for hydroxylation is 1. The SMILES string of the molecule is CCc1nnc(NC(=O)[C@@H]2CCCN2C(=O)NC2CCCCC2)s1. The van der Waals surface area contributed by atoms with Crippen molar-refractivity contribution >= 4 is 28.4 Å². The van der Waals surface area contributed by atoms with Crippen LogP contribution in [0.4, 0.5) is 9.93 Å². The molecule has 2 N–H and O–H groups in total. The Balaban J connectivity index is 1.57. The number of hydrogen-bond donors (Lipinski definition) is 2. The zero-order chi connectivity index (χ0) is 16.9. The second kappa shape index (κ2) is 7.92. The van der Waals surface area contributed by atoms with Gasteiger partial charge in [0.05, 0.1) is 0 Å². The highest BCUT2D eigenvalue weighted by Gasteiger charge is 2.35. The zero-order valence-electron chi connectivity index (χ0n) is 14.1. The summed E-state index contributed by atoms with van der Waals surface area (Å²) in [5.74, 6) is -0.162. The fourth-order valence-electron chi connectivity index (χ4n) is 3.42. The van der Waals surface area contributed by atoms with Gasteiger partial charge in [-0.2, -0.15) is 0 Å². The highest BCUT2D eigenvalue weighted by atomic mass is 32.1. The molecule has 1 aromatic rings. The van der Waals surface area contributed by atoms with E-state index in [9.17, 15) is 9.59 Å². The normalized spacial score (nSPS) is 21.7. The summed E-state index contributed by atoms with van der Waals surface area (Å²) >= 11 is 1.38. The summed E-state index contributed by atoms with van der Waals surface area (Å²) in [4.78, 5) is 26.7. The average molecular weight is 351 g/mol. The second-order valence-electron chi connectivity index (χ2n) is 6.48. The number of anilines is 1. The molecule has 132 valence electrons. The first kappa shape index (κ1) is 17.1. The van der Waals surface area contributed by atoms with Crippen LogP contribution in [0.5, 0.6) is 0 Å². The van der Waals surface area contributed by atoms with Gasteiger partial charge < -0.3 is 10.2 Å². The number of aromatic nitrogens is 2. The van der Waals surface area contributed by atoms with E-state index in [0.29, 0.717) is 18.1 Å². The number of urea groups is 1. The first-order chi connectivity index (χ1) is 11.7. The lowest BCUT2D eigenvalue weighted by atomic mass is 9.96. The Morgan fingerprint density at radius 1 is 1.17 bits per heavy atom. The van der Waals surface area contributed by atoms with E-state index in [2.05, 4.69) is 20.8 Å². The predicted molar refractivity (Wildman–Crippen MR) is 93.0 cm³/mol. The number of carbonyl (C=O) groups is 2. The van der Waals surface area contributed by atoms with Crippen LogP contribution < -0.4 is 10.6 Å². The molecule has 8 heteroatoms. The smallest absolute Gasteiger partial charge is 0.318 e. The van der Waals surface area contributed by atoms with E-state index in [1.165, 1.54) is 30.6 Å². The fraction of sp³-hybridized carbons (Fsp3) is 0.750. The lowest BCUT2D eigenvalue weighted by Crippen LogP contribution is -2.50. The van der Waals surface area contributed by atoms with Crippen LogP contribution >= 0.6 is 11.3 Å². The summed E-state index contributed by atoms with van der Waals surface area (Å²) in [7, 11) is 0. The maximum Gasteiger partial charge on any atom is 0.318 e. The van der Waals surface area contributed by atoms with E-state index in [1.807, 2.05) is 6.92 Å². The number of rotatable bonds is 4. The van der Waals surface area contributed by atoms with Crippen LogP contribution in [0.25, 0.3) is 0 Å². The number of nitrogens with zero attached hydrogens (tertiary/aromatic N) is 3. The van der Waals surface area contributed by atoms with Crippen molar-refractivity contribution in [1.82, 2.24) is 20.4 Å². The average Bonchev–Trinajstić information content (AvgIpc) is 3.24. The van der Waals surface area contributed by atoms with E-state index < -0.39 is 6.04 Å². The largest absolute Gasteiger partial charge is 0.335 e. The predicted octanol–water partition coefficient (Wildman–Crippen LogP) is 2.55. The number of amides is 3. The molecule has 1 aliphatic carbocycles. The molecule has 2 heterocycles. The van der Waals surface area contributed by atoms with Gasteiger partial charge in [0.1, 0.15) is 11.0 Å². The number of nitrogens with one attached hydrogen (secondary N) is 2. The molecule has 1 saturated carbocycles. The van der Waals surface area contributed by atoms with Gasteiger partial charge in [-0.15, -0.1) is 10.2 Å². The molecule has 1 saturated heterocycles. The van der Waals surface area contributed by atoms with Crippen LogP contribution in [-0.2, 0) is 11.2 Å². The summed E-state index contributed by atoms with van der Waals surface area (Å²) in [6.07, 6.45) is 8.03. The molecule has 1 aromatic heterocycles.